The average Bonchev–Trinajstić information content (AvgIpc) is 2.73. The van der Waals surface area contributed by atoms with Gasteiger partial charge in [0.25, 0.3) is 0 Å². The standard InChI is InChI=1S/C22H29FN4O/c1-17-3-5-18(6-4-17)15-25-22(24-2)26-16-21(27-11-13-28-14-12-27)19-7-9-20(23)10-8-19/h3-10,21H,11-16H2,1-2H3,(H2,24,25,26). The van der Waals surface area contributed by atoms with Gasteiger partial charge in [-0.25, -0.2) is 4.39 Å². The number of morpholine rings is 1. The highest BCUT2D eigenvalue weighted by Gasteiger charge is 2.23. The van der Waals surface area contributed by atoms with Crippen LogP contribution in [0.5, 0.6) is 0 Å². The van der Waals surface area contributed by atoms with Crippen molar-refractivity contribution in [2.45, 2.75) is 19.5 Å². The summed E-state index contributed by atoms with van der Waals surface area (Å²) in [6.45, 7) is 6.63. The zero-order chi connectivity index (χ0) is 19.8. The molecule has 0 saturated carbocycles. The molecule has 28 heavy (non-hydrogen) atoms. The van der Waals surface area contributed by atoms with Gasteiger partial charge in [0.05, 0.1) is 19.3 Å². The van der Waals surface area contributed by atoms with Crippen LogP contribution in [0.4, 0.5) is 4.39 Å². The summed E-state index contributed by atoms with van der Waals surface area (Å²) in [5, 5.41) is 6.78. The van der Waals surface area contributed by atoms with Gasteiger partial charge < -0.3 is 15.4 Å². The van der Waals surface area contributed by atoms with Crippen LogP contribution in [0.1, 0.15) is 22.7 Å². The van der Waals surface area contributed by atoms with Gasteiger partial charge in [-0.05, 0) is 30.2 Å². The van der Waals surface area contributed by atoms with Gasteiger partial charge in [0.2, 0.25) is 0 Å². The number of nitrogens with zero attached hydrogens (tertiary/aromatic N) is 2. The maximum Gasteiger partial charge on any atom is 0.191 e. The molecule has 2 aromatic rings. The number of ether oxygens (including phenoxy) is 1. The first-order valence-electron chi connectivity index (χ1n) is 9.73. The molecule has 3 rings (SSSR count). The van der Waals surface area contributed by atoms with Crippen molar-refractivity contribution in [2.75, 3.05) is 39.9 Å². The van der Waals surface area contributed by atoms with Crippen LogP contribution in [-0.4, -0.2) is 50.8 Å². The molecule has 1 saturated heterocycles. The lowest BCUT2D eigenvalue weighted by Crippen LogP contribution is -2.46. The van der Waals surface area contributed by atoms with Crippen molar-refractivity contribution in [1.29, 1.82) is 0 Å². The summed E-state index contributed by atoms with van der Waals surface area (Å²) >= 11 is 0. The van der Waals surface area contributed by atoms with Crippen molar-refractivity contribution in [3.8, 4) is 0 Å². The summed E-state index contributed by atoms with van der Waals surface area (Å²) in [4.78, 5) is 6.71. The Morgan fingerprint density at radius 1 is 1.07 bits per heavy atom. The van der Waals surface area contributed by atoms with Crippen LogP contribution in [0.3, 0.4) is 0 Å². The molecule has 1 aliphatic heterocycles. The highest BCUT2D eigenvalue weighted by atomic mass is 19.1. The van der Waals surface area contributed by atoms with Crippen LogP contribution < -0.4 is 10.6 Å². The van der Waals surface area contributed by atoms with E-state index in [1.807, 2.05) is 12.1 Å². The van der Waals surface area contributed by atoms with Crippen molar-refractivity contribution in [3.63, 3.8) is 0 Å². The molecule has 0 amide bonds. The van der Waals surface area contributed by atoms with E-state index in [0.29, 0.717) is 13.1 Å². The summed E-state index contributed by atoms with van der Waals surface area (Å²) < 4.78 is 18.9. The van der Waals surface area contributed by atoms with E-state index < -0.39 is 0 Å². The molecule has 1 unspecified atom stereocenters. The Labute approximate surface area is 166 Å². The molecule has 6 heteroatoms. The predicted molar refractivity (Wildman–Crippen MR) is 111 cm³/mol. The summed E-state index contributed by atoms with van der Waals surface area (Å²) in [5.41, 5.74) is 3.54. The smallest absolute Gasteiger partial charge is 0.191 e. The van der Waals surface area contributed by atoms with E-state index in [4.69, 9.17) is 4.74 Å². The molecular weight excluding hydrogens is 355 g/mol. The summed E-state index contributed by atoms with van der Waals surface area (Å²) in [7, 11) is 1.77. The Balaban J connectivity index is 1.62. The lowest BCUT2D eigenvalue weighted by atomic mass is 10.0. The number of guanidine groups is 1. The first-order chi connectivity index (χ1) is 13.7. The molecule has 0 aliphatic carbocycles. The van der Waals surface area contributed by atoms with Gasteiger partial charge in [-0.1, -0.05) is 42.0 Å². The fourth-order valence-electron chi connectivity index (χ4n) is 3.34. The van der Waals surface area contributed by atoms with E-state index >= 15 is 0 Å². The van der Waals surface area contributed by atoms with Crippen LogP contribution >= 0.6 is 0 Å². The van der Waals surface area contributed by atoms with Crippen LogP contribution in [0.15, 0.2) is 53.5 Å². The van der Waals surface area contributed by atoms with E-state index in [-0.39, 0.29) is 11.9 Å². The van der Waals surface area contributed by atoms with Crippen LogP contribution in [0, 0.1) is 12.7 Å². The molecule has 0 spiro atoms. The van der Waals surface area contributed by atoms with E-state index in [1.165, 1.54) is 23.3 Å². The highest BCUT2D eigenvalue weighted by molar-refractivity contribution is 5.79. The number of benzene rings is 2. The Hall–Kier alpha value is -2.44. The molecule has 1 fully saturated rings. The quantitative estimate of drug-likeness (QED) is 0.594. The van der Waals surface area contributed by atoms with Gasteiger partial charge in [-0.2, -0.15) is 0 Å². The summed E-state index contributed by atoms with van der Waals surface area (Å²) in [6.07, 6.45) is 0. The van der Waals surface area contributed by atoms with Crippen molar-refractivity contribution in [1.82, 2.24) is 15.5 Å². The minimum Gasteiger partial charge on any atom is -0.379 e. The second-order valence-electron chi connectivity index (χ2n) is 7.01. The van der Waals surface area contributed by atoms with Crippen molar-refractivity contribution >= 4 is 5.96 Å². The lowest BCUT2D eigenvalue weighted by molar-refractivity contribution is 0.0170. The summed E-state index contributed by atoms with van der Waals surface area (Å²) in [5.74, 6) is 0.536. The maximum absolute atomic E-state index is 13.4. The number of hydrogen-bond acceptors (Lipinski definition) is 3. The number of rotatable bonds is 6. The largest absolute Gasteiger partial charge is 0.379 e. The van der Waals surface area contributed by atoms with Crippen LogP contribution in [-0.2, 0) is 11.3 Å². The molecule has 2 N–H and O–H groups in total. The second-order valence-corrected chi connectivity index (χ2v) is 7.01. The minimum absolute atomic E-state index is 0.127. The molecule has 2 aromatic carbocycles. The average molecular weight is 384 g/mol. The highest BCUT2D eigenvalue weighted by Crippen LogP contribution is 2.21. The van der Waals surface area contributed by atoms with E-state index in [9.17, 15) is 4.39 Å². The van der Waals surface area contributed by atoms with Crippen molar-refractivity contribution in [2.24, 2.45) is 4.99 Å². The third-order valence-corrected chi connectivity index (χ3v) is 5.01. The molecule has 150 valence electrons. The molecule has 0 bridgehead atoms. The maximum atomic E-state index is 13.4. The normalized spacial score (nSPS) is 16.6. The van der Waals surface area contributed by atoms with Gasteiger partial charge in [0.1, 0.15) is 5.82 Å². The Morgan fingerprint density at radius 3 is 2.39 bits per heavy atom. The molecular formula is C22H29FN4O. The second kappa shape index (κ2) is 10.2. The Morgan fingerprint density at radius 2 is 1.75 bits per heavy atom. The number of nitrogens with one attached hydrogen (secondary N) is 2. The monoisotopic (exact) mass is 384 g/mol. The third-order valence-electron chi connectivity index (χ3n) is 5.01. The van der Waals surface area contributed by atoms with Crippen LogP contribution in [0.2, 0.25) is 0 Å². The Bertz CT molecular complexity index is 755. The Kier molecular flexibility index (Phi) is 7.39. The zero-order valence-corrected chi connectivity index (χ0v) is 16.6. The summed E-state index contributed by atoms with van der Waals surface area (Å²) in [6, 6.07) is 15.3. The van der Waals surface area contributed by atoms with Gasteiger partial charge >= 0.3 is 0 Å². The molecule has 1 atom stereocenters. The van der Waals surface area contributed by atoms with Gasteiger partial charge in [-0.15, -0.1) is 0 Å². The van der Waals surface area contributed by atoms with Crippen LogP contribution in [0.25, 0.3) is 0 Å². The van der Waals surface area contributed by atoms with Gasteiger partial charge in [0, 0.05) is 33.2 Å². The zero-order valence-electron chi connectivity index (χ0n) is 16.6. The fourth-order valence-corrected chi connectivity index (χ4v) is 3.34. The van der Waals surface area contributed by atoms with E-state index in [1.54, 1.807) is 7.05 Å². The SMILES string of the molecule is CN=C(NCc1ccc(C)cc1)NCC(c1ccc(F)cc1)N1CCOCC1. The molecule has 0 aromatic heterocycles. The first kappa shape index (κ1) is 20.3. The number of hydrogen-bond donors (Lipinski definition) is 2. The molecule has 0 radical (unpaired) electrons. The number of aliphatic imine (C=N–C) groups is 1. The number of aryl methyl sites for hydroxylation is 1. The van der Waals surface area contributed by atoms with Gasteiger partial charge in [-0.3, -0.25) is 9.89 Å². The number of halogens is 1. The minimum atomic E-state index is -0.215. The first-order valence-corrected chi connectivity index (χ1v) is 9.73. The van der Waals surface area contributed by atoms with Crippen molar-refractivity contribution in [3.05, 3.63) is 71.0 Å². The fraction of sp³-hybridized carbons (Fsp3) is 0.409. The molecule has 5 nitrogen and oxygen atoms in total. The lowest BCUT2D eigenvalue weighted by Gasteiger charge is -2.35. The predicted octanol–water partition coefficient (Wildman–Crippen LogP) is 2.87. The van der Waals surface area contributed by atoms with Gasteiger partial charge in [0.15, 0.2) is 5.96 Å². The van der Waals surface area contributed by atoms with Crippen molar-refractivity contribution < 1.29 is 9.13 Å². The topological polar surface area (TPSA) is 48.9 Å². The van der Waals surface area contributed by atoms with E-state index in [0.717, 1.165) is 37.8 Å². The third kappa shape index (κ3) is 5.78. The molecule has 1 heterocycles. The molecule has 1 aliphatic rings. The van der Waals surface area contributed by atoms with E-state index in [2.05, 4.69) is 51.7 Å².